The van der Waals surface area contributed by atoms with Crippen LogP contribution in [0.2, 0.25) is 5.02 Å². The zero-order valence-electron chi connectivity index (χ0n) is 13.0. The third-order valence-corrected chi connectivity index (χ3v) is 4.64. The zero-order chi connectivity index (χ0) is 15.9. The molecule has 1 fully saturated rings. The monoisotopic (exact) mass is 324 g/mol. The molecular formula is C17H25ClN2O2. The number of aliphatic hydroxyl groups excluding tert-OH is 1. The summed E-state index contributed by atoms with van der Waals surface area (Å²) >= 11 is 6.02. The van der Waals surface area contributed by atoms with E-state index in [0.29, 0.717) is 10.9 Å². The minimum absolute atomic E-state index is 0.0347. The molecule has 5 heteroatoms. The maximum Gasteiger partial charge on any atom is 0.315 e. The lowest BCUT2D eigenvalue weighted by Crippen LogP contribution is -2.44. The van der Waals surface area contributed by atoms with Crippen LogP contribution in [0.1, 0.15) is 50.6 Å². The van der Waals surface area contributed by atoms with E-state index in [1.165, 1.54) is 0 Å². The van der Waals surface area contributed by atoms with Crippen LogP contribution in [-0.2, 0) is 0 Å². The molecule has 0 bridgehead atoms. The highest BCUT2D eigenvalue weighted by molar-refractivity contribution is 6.30. The number of nitrogens with one attached hydrogen (secondary N) is 2. The molecule has 0 heterocycles. The highest BCUT2D eigenvalue weighted by atomic mass is 35.5. The lowest BCUT2D eigenvalue weighted by molar-refractivity contribution is 0.174. The van der Waals surface area contributed by atoms with Crippen molar-refractivity contribution in [3.05, 3.63) is 34.9 Å². The van der Waals surface area contributed by atoms with Crippen LogP contribution in [0, 0.1) is 5.92 Å². The second-order valence-electron chi connectivity index (χ2n) is 6.03. The molecule has 2 rings (SSSR count). The van der Waals surface area contributed by atoms with E-state index in [9.17, 15) is 4.79 Å². The van der Waals surface area contributed by atoms with Crippen LogP contribution in [0.4, 0.5) is 4.79 Å². The average molecular weight is 325 g/mol. The summed E-state index contributed by atoms with van der Waals surface area (Å²) in [6.07, 6.45) is 4.64. The summed E-state index contributed by atoms with van der Waals surface area (Å²) < 4.78 is 0. The second-order valence-corrected chi connectivity index (χ2v) is 6.47. The van der Waals surface area contributed by atoms with E-state index in [-0.39, 0.29) is 24.7 Å². The highest BCUT2D eigenvalue weighted by Crippen LogP contribution is 2.24. The fourth-order valence-corrected chi connectivity index (χ4v) is 3.22. The van der Waals surface area contributed by atoms with Gasteiger partial charge in [-0.2, -0.15) is 0 Å². The molecule has 22 heavy (non-hydrogen) atoms. The van der Waals surface area contributed by atoms with Gasteiger partial charge in [0, 0.05) is 17.7 Å². The standard InChI is InChI=1S/C17H25ClN2O2/c1-2-16(13-4-3-5-14(18)10-13)20-17(22)19-15-8-6-12(11-21)7-9-15/h3-5,10,12,15-16,21H,2,6-9,11H2,1H3,(H2,19,20,22). The van der Waals surface area contributed by atoms with Crippen LogP contribution in [0.3, 0.4) is 0 Å². The molecule has 0 aliphatic heterocycles. The number of urea groups is 1. The quantitative estimate of drug-likeness (QED) is 0.774. The van der Waals surface area contributed by atoms with Gasteiger partial charge in [-0.25, -0.2) is 4.79 Å². The molecule has 1 unspecified atom stereocenters. The van der Waals surface area contributed by atoms with Gasteiger partial charge < -0.3 is 15.7 Å². The van der Waals surface area contributed by atoms with Gasteiger partial charge in [-0.05, 0) is 55.7 Å². The number of benzene rings is 1. The molecule has 3 N–H and O–H groups in total. The second kappa shape index (κ2) is 8.39. The first-order chi connectivity index (χ1) is 10.6. The summed E-state index contributed by atoms with van der Waals surface area (Å²) in [6, 6.07) is 7.65. The van der Waals surface area contributed by atoms with Crippen molar-refractivity contribution in [1.29, 1.82) is 0 Å². The number of carbonyl (C=O) groups is 1. The molecule has 0 aromatic heterocycles. The molecule has 0 spiro atoms. The van der Waals surface area contributed by atoms with Crippen LogP contribution in [-0.4, -0.2) is 23.8 Å². The van der Waals surface area contributed by atoms with Crippen molar-refractivity contribution in [3.63, 3.8) is 0 Å². The number of aliphatic hydroxyl groups is 1. The number of halogens is 1. The summed E-state index contributed by atoms with van der Waals surface area (Å²) in [7, 11) is 0. The van der Waals surface area contributed by atoms with Gasteiger partial charge in [-0.3, -0.25) is 0 Å². The van der Waals surface area contributed by atoms with Crippen LogP contribution in [0.25, 0.3) is 0 Å². The Bertz CT molecular complexity index is 487. The largest absolute Gasteiger partial charge is 0.396 e. The minimum atomic E-state index is -0.126. The molecule has 2 amide bonds. The van der Waals surface area contributed by atoms with Crippen LogP contribution in [0.5, 0.6) is 0 Å². The number of hydrogen-bond acceptors (Lipinski definition) is 2. The maximum atomic E-state index is 12.2. The predicted octanol–water partition coefficient (Wildman–Crippen LogP) is 3.64. The van der Waals surface area contributed by atoms with E-state index in [1.54, 1.807) is 0 Å². The van der Waals surface area contributed by atoms with Crippen molar-refractivity contribution < 1.29 is 9.90 Å². The number of carbonyl (C=O) groups excluding carboxylic acids is 1. The average Bonchev–Trinajstić information content (AvgIpc) is 2.53. The van der Waals surface area contributed by atoms with Gasteiger partial charge in [0.2, 0.25) is 0 Å². The maximum absolute atomic E-state index is 12.2. The van der Waals surface area contributed by atoms with Gasteiger partial charge in [0.15, 0.2) is 0 Å². The van der Waals surface area contributed by atoms with E-state index in [4.69, 9.17) is 16.7 Å². The van der Waals surface area contributed by atoms with Crippen molar-refractivity contribution in [2.75, 3.05) is 6.61 Å². The molecular weight excluding hydrogens is 300 g/mol. The molecule has 122 valence electrons. The van der Waals surface area contributed by atoms with Crippen LogP contribution >= 0.6 is 11.6 Å². The molecule has 1 saturated carbocycles. The Kier molecular flexibility index (Phi) is 6.52. The summed E-state index contributed by atoms with van der Waals surface area (Å²) in [5.41, 5.74) is 1.02. The Morgan fingerprint density at radius 2 is 2.09 bits per heavy atom. The third-order valence-electron chi connectivity index (χ3n) is 4.40. The molecule has 1 atom stereocenters. The Morgan fingerprint density at radius 3 is 2.68 bits per heavy atom. The first kappa shape index (κ1) is 17.1. The topological polar surface area (TPSA) is 61.4 Å². The Hall–Kier alpha value is -1.26. The third kappa shape index (κ3) is 4.89. The fraction of sp³-hybridized carbons (Fsp3) is 0.588. The van der Waals surface area contributed by atoms with Crippen molar-refractivity contribution >= 4 is 17.6 Å². The molecule has 1 aromatic carbocycles. The molecule has 0 saturated heterocycles. The first-order valence-corrected chi connectivity index (χ1v) is 8.43. The summed E-state index contributed by atoms with van der Waals surface area (Å²) in [4.78, 5) is 12.2. The van der Waals surface area contributed by atoms with E-state index < -0.39 is 0 Å². The van der Waals surface area contributed by atoms with Gasteiger partial charge in [-0.15, -0.1) is 0 Å². The summed E-state index contributed by atoms with van der Waals surface area (Å²) in [5, 5.41) is 15.9. The van der Waals surface area contributed by atoms with Gasteiger partial charge >= 0.3 is 6.03 Å². The number of amides is 2. The molecule has 1 aliphatic rings. The molecule has 1 aromatic rings. The molecule has 1 aliphatic carbocycles. The smallest absolute Gasteiger partial charge is 0.315 e. The van der Waals surface area contributed by atoms with Crippen LogP contribution in [0.15, 0.2) is 24.3 Å². The summed E-state index contributed by atoms with van der Waals surface area (Å²) in [5.74, 6) is 0.399. The van der Waals surface area contributed by atoms with Gasteiger partial charge in [0.1, 0.15) is 0 Å². The Balaban J connectivity index is 1.85. The lowest BCUT2D eigenvalue weighted by atomic mass is 9.87. The van der Waals surface area contributed by atoms with E-state index >= 15 is 0 Å². The molecule has 4 nitrogen and oxygen atoms in total. The SMILES string of the molecule is CCC(NC(=O)NC1CCC(CO)CC1)c1cccc(Cl)c1. The Labute approximate surface area is 137 Å². The summed E-state index contributed by atoms with van der Waals surface area (Å²) in [6.45, 7) is 2.30. The van der Waals surface area contributed by atoms with Crippen LogP contribution < -0.4 is 10.6 Å². The first-order valence-electron chi connectivity index (χ1n) is 8.05. The van der Waals surface area contributed by atoms with E-state index in [2.05, 4.69) is 10.6 Å². The number of rotatable bonds is 5. The fourth-order valence-electron chi connectivity index (χ4n) is 3.02. The van der Waals surface area contributed by atoms with Crippen molar-refractivity contribution in [2.45, 2.75) is 51.1 Å². The number of hydrogen-bond donors (Lipinski definition) is 3. The van der Waals surface area contributed by atoms with E-state index in [1.807, 2.05) is 31.2 Å². The van der Waals surface area contributed by atoms with Gasteiger partial charge in [0.05, 0.1) is 6.04 Å². The minimum Gasteiger partial charge on any atom is -0.396 e. The van der Waals surface area contributed by atoms with Crippen molar-refractivity contribution in [3.8, 4) is 0 Å². The molecule has 0 radical (unpaired) electrons. The zero-order valence-corrected chi connectivity index (χ0v) is 13.8. The predicted molar refractivity (Wildman–Crippen MR) is 89.0 cm³/mol. The Morgan fingerprint density at radius 1 is 1.36 bits per heavy atom. The van der Waals surface area contributed by atoms with Crippen molar-refractivity contribution in [1.82, 2.24) is 10.6 Å². The van der Waals surface area contributed by atoms with Gasteiger partial charge in [0.25, 0.3) is 0 Å². The normalized spacial score (nSPS) is 22.9. The van der Waals surface area contributed by atoms with E-state index in [0.717, 1.165) is 37.7 Å². The lowest BCUT2D eigenvalue weighted by Gasteiger charge is -2.28. The van der Waals surface area contributed by atoms with Gasteiger partial charge in [-0.1, -0.05) is 30.7 Å². The van der Waals surface area contributed by atoms with Crippen molar-refractivity contribution in [2.24, 2.45) is 5.92 Å². The highest BCUT2D eigenvalue weighted by Gasteiger charge is 2.22.